The second-order valence-corrected chi connectivity index (χ2v) is 5.92. The lowest BCUT2D eigenvalue weighted by molar-refractivity contribution is 0.404. The van der Waals surface area contributed by atoms with E-state index in [1.807, 2.05) is 7.05 Å². The maximum atomic E-state index is 3.17. The molecule has 0 atom stereocenters. The average molecular weight is 280 g/mol. The van der Waals surface area contributed by atoms with Gasteiger partial charge in [-0.2, -0.15) is 0 Å². The number of hydrogen-bond donors (Lipinski definition) is 1. The molecule has 1 aliphatic heterocycles. The van der Waals surface area contributed by atoms with E-state index in [-0.39, 0.29) is 0 Å². The monoisotopic (exact) mass is 280 g/mol. The summed E-state index contributed by atoms with van der Waals surface area (Å²) in [7, 11) is 1.96. The first-order valence-electron chi connectivity index (χ1n) is 7.92. The summed E-state index contributed by atoms with van der Waals surface area (Å²) in [4.78, 5) is 2.51. The van der Waals surface area contributed by atoms with Crippen LogP contribution in [0.1, 0.15) is 18.4 Å². The third kappa shape index (κ3) is 3.57. The summed E-state index contributed by atoms with van der Waals surface area (Å²) in [6.07, 6.45) is 3.82. The van der Waals surface area contributed by atoms with Crippen LogP contribution in [0.2, 0.25) is 0 Å². The van der Waals surface area contributed by atoms with Crippen LogP contribution in [-0.2, 0) is 6.42 Å². The van der Waals surface area contributed by atoms with Gasteiger partial charge in [-0.3, -0.25) is 0 Å². The highest BCUT2D eigenvalue weighted by atomic mass is 15.1. The van der Waals surface area contributed by atoms with Crippen LogP contribution in [0.3, 0.4) is 0 Å². The molecule has 1 N–H and O–H groups in total. The number of nitrogens with one attached hydrogen (secondary N) is 1. The van der Waals surface area contributed by atoms with E-state index in [0.717, 1.165) is 5.92 Å². The fraction of sp³-hybridized carbons (Fsp3) is 0.368. The average Bonchev–Trinajstić information content (AvgIpc) is 2.57. The van der Waals surface area contributed by atoms with Crippen LogP contribution < -0.4 is 10.2 Å². The molecule has 0 unspecified atom stereocenters. The predicted octanol–water partition coefficient (Wildman–Crippen LogP) is 4.19. The Balaban J connectivity index is 1.54. The fourth-order valence-corrected chi connectivity index (χ4v) is 3.18. The summed E-state index contributed by atoms with van der Waals surface area (Å²) < 4.78 is 0. The second kappa shape index (κ2) is 6.66. The molecule has 0 spiro atoms. The van der Waals surface area contributed by atoms with Crippen molar-refractivity contribution >= 4 is 11.4 Å². The molecular formula is C19H24N2. The number of anilines is 2. The van der Waals surface area contributed by atoms with Crippen molar-refractivity contribution in [2.45, 2.75) is 19.3 Å². The van der Waals surface area contributed by atoms with Gasteiger partial charge in [0.05, 0.1) is 0 Å². The molecular weight excluding hydrogens is 256 g/mol. The first-order chi connectivity index (χ1) is 10.3. The zero-order valence-electron chi connectivity index (χ0n) is 12.8. The Bertz CT molecular complexity index is 540. The van der Waals surface area contributed by atoms with E-state index in [0.29, 0.717) is 0 Å². The highest BCUT2D eigenvalue weighted by Crippen LogP contribution is 2.26. The van der Waals surface area contributed by atoms with Crippen molar-refractivity contribution in [3.05, 3.63) is 60.2 Å². The third-order valence-electron chi connectivity index (χ3n) is 4.50. The molecule has 0 radical (unpaired) electrons. The van der Waals surface area contributed by atoms with Gasteiger partial charge in [-0.25, -0.2) is 0 Å². The lowest BCUT2D eigenvalue weighted by atomic mass is 9.90. The summed E-state index contributed by atoms with van der Waals surface area (Å²) in [5, 5.41) is 3.17. The van der Waals surface area contributed by atoms with Gasteiger partial charge in [0.1, 0.15) is 0 Å². The molecule has 0 bridgehead atoms. The van der Waals surface area contributed by atoms with E-state index in [9.17, 15) is 0 Å². The molecule has 1 heterocycles. The maximum absolute atomic E-state index is 3.17. The minimum Gasteiger partial charge on any atom is -0.388 e. The predicted molar refractivity (Wildman–Crippen MR) is 91.1 cm³/mol. The number of hydrogen-bond acceptors (Lipinski definition) is 2. The lowest BCUT2D eigenvalue weighted by Gasteiger charge is -2.33. The van der Waals surface area contributed by atoms with Gasteiger partial charge < -0.3 is 10.2 Å². The third-order valence-corrected chi connectivity index (χ3v) is 4.50. The topological polar surface area (TPSA) is 15.3 Å². The summed E-state index contributed by atoms with van der Waals surface area (Å²) in [5.74, 6) is 0.834. The molecule has 0 saturated carbocycles. The van der Waals surface area contributed by atoms with Gasteiger partial charge in [-0.05, 0) is 55.0 Å². The van der Waals surface area contributed by atoms with Crippen LogP contribution in [-0.4, -0.2) is 20.1 Å². The van der Waals surface area contributed by atoms with Crippen LogP contribution in [0.15, 0.2) is 54.6 Å². The molecule has 21 heavy (non-hydrogen) atoms. The molecule has 0 aromatic heterocycles. The molecule has 1 fully saturated rings. The van der Waals surface area contributed by atoms with Crippen molar-refractivity contribution in [2.75, 3.05) is 30.4 Å². The van der Waals surface area contributed by atoms with E-state index in [2.05, 4.69) is 64.8 Å². The van der Waals surface area contributed by atoms with Crippen molar-refractivity contribution in [1.29, 1.82) is 0 Å². The van der Waals surface area contributed by atoms with E-state index >= 15 is 0 Å². The van der Waals surface area contributed by atoms with Crippen LogP contribution >= 0.6 is 0 Å². The molecule has 110 valence electrons. The molecule has 1 aliphatic rings. The summed E-state index contributed by atoms with van der Waals surface area (Å²) in [5.41, 5.74) is 4.01. The highest BCUT2D eigenvalue weighted by Gasteiger charge is 2.19. The standard InChI is InChI=1S/C19H24N2/c1-20-18-7-9-19(10-8-18)21-13-11-17(12-14-21)15-16-5-3-2-4-6-16/h2-10,17,20H,11-15H2,1H3. The van der Waals surface area contributed by atoms with Crippen molar-refractivity contribution < 1.29 is 0 Å². The summed E-state index contributed by atoms with van der Waals surface area (Å²) >= 11 is 0. The first kappa shape index (κ1) is 14.0. The number of piperidine rings is 1. The van der Waals surface area contributed by atoms with Gasteiger partial charge in [0.25, 0.3) is 0 Å². The number of rotatable bonds is 4. The lowest BCUT2D eigenvalue weighted by Crippen LogP contribution is -2.34. The summed E-state index contributed by atoms with van der Waals surface area (Å²) in [6, 6.07) is 19.7. The molecule has 1 saturated heterocycles. The van der Waals surface area contributed by atoms with Crippen molar-refractivity contribution in [3.63, 3.8) is 0 Å². The minimum absolute atomic E-state index is 0.834. The Morgan fingerprint density at radius 2 is 1.62 bits per heavy atom. The Labute approximate surface area is 127 Å². The normalized spacial score (nSPS) is 16.0. The van der Waals surface area contributed by atoms with Gasteiger partial charge in [0.2, 0.25) is 0 Å². The number of benzene rings is 2. The van der Waals surface area contributed by atoms with Crippen molar-refractivity contribution in [3.8, 4) is 0 Å². The molecule has 2 aromatic rings. The molecule has 2 nitrogen and oxygen atoms in total. The molecule has 0 amide bonds. The Kier molecular flexibility index (Phi) is 4.44. The second-order valence-electron chi connectivity index (χ2n) is 5.92. The minimum atomic E-state index is 0.834. The SMILES string of the molecule is CNc1ccc(N2CCC(Cc3ccccc3)CC2)cc1. The van der Waals surface area contributed by atoms with Gasteiger partial charge in [0, 0.05) is 31.5 Å². The van der Waals surface area contributed by atoms with Gasteiger partial charge in [-0.15, -0.1) is 0 Å². The number of nitrogens with zero attached hydrogens (tertiary/aromatic N) is 1. The van der Waals surface area contributed by atoms with Crippen LogP contribution in [0.25, 0.3) is 0 Å². The molecule has 2 heteroatoms. The Morgan fingerprint density at radius 3 is 2.24 bits per heavy atom. The van der Waals surface area contributed by atoms with Crippen molar-refractivity contribution in [1.82, 2.24) is 0 Å². The molecule has 2 aromatic carbocycles. The highest BCUT2D eigenvalue weighted by molar-refractivity contribution is 5.55. The maximum Gasteiger partial charge on any atom is 0.0367 e. The van der Waals surface area contributed by atoms with Crippen LogP contribution in [0.5, 0.6) is 0 Å². The summed E-state index contributed by atoms with van der Waals surface area (Å²) in [6.45, 7) is 2.35. The Morgan fingerprint density at radius 1 is 0.952 bits per heavy atom. The Hall–Kier alpha value is -1.96. The van der Waals surface area contributed by atoms with E-state index in [4.69, 9.17) is 0 Å². The van der Waals surface area contributed by atoms with Gasteiger partial charge in [-0.1, -0.05) is 30.3 Å². The van der Waals surface area contributed by atoms with E-state index < -0.39 is 0 Å². The first-order valence-corrected chi connectivity index (χ1v) is 7.92. The zero-order valence-corrected chi connectivity index (χ0v) is 12.8. The van der Waals surface area contributed by atoms with E-state index in [1.165, 1.54) is 49.3 Å². The van der Waals surface area contributed by atoms with Crippen LogP contribution in [0, 0.1) is 5.92 Å². The largest absolute Gasteiger partial charge is 0.388 e. The smallest absolute Gasteiger partial charge is 0.0367 e. The van der Waals surface area contributed by atoms with Gasteiger partial charge >= 0.3 is 0 Å². The van der Waals surface area contributed by atoms with Crippen molar-refractivity contribution in [2.24, 2.45) is 5.92 Å². The zero-order chi connectivity index (χ0) is 14.5. The van der Waals surface area contributed by atoms with E-state index in [1.54, 1.807) is 0 Å². The molecule has 0 aliphatic carbocycles. The van der Waals surface area contributed by atoms with Gasteiger partial charge in [0.15, 0.2) is 0 Å². The molecule has 3 rings (SSSR count). The van der Waals surface area contributed by atoms with Crippen LogP contribution in [0.4, 0.5) is 11.4 Å². The fourth-order valence-electron chi connectivity index (χ4n) is 3.18. The quantitative estimate of drug-likeness (QED) is 0.903.